The molecule has 8 aromatic carbocycles. The highest BCUT2D eigenvalue weighted by molar-refractivity contribution is 6.35. The summed E-state index contributed by atoms with van der Waals surface area (Å²) in [7, 11) is 0. The molecule has 0 atom stereocenters. The Morgan fingerprint density at radius 1 is 0.306 bits per heavy atom. The van der Waals surface area contributed by atoms with E-state index in [0.717, 1.165) is 39.1 Å². The minimum Gasteiger partial charge on any atom is -0.278 e. The second-order valence-electron chi connectivity index (χ2n) is 12.6. The predicted molar refractivity (Wildman–Crippen MR) is 205 cm³/mol. The second kappa shape index (κ2) is 11.0. The number of hydrogen-bond donors (Lipinski definition) is 0. The van der Waals surface area contributed by atoms with Crippen LogP contribution in [-0.4, -0.2) is 14.5 Å². The zero-order valence-corrected chi connectivity index (χ0v) is 26.6. The highest BCUT2D eigenvalue weighted by Crippen LogP contribution is 2.43. The lowest BCUT2D eigenvalue weighted by Crippen LogP contribution is -2.04. The van der Waals surface area contributed by atoms with E-state index < -0.39 is 0 Å². The molecular weight excluding hydrogens is 595 g/mol. The molecule has 0 spiro atoms. The maximum Gasteiger partial charge on any atom is 0.235 e. The summed E-state index contributed by atoms with van der Waals surface area (Å²) in [6.45, 7) is 0. The fraction of sp³-hybridized carbons (Fsp3) is 0. The largest absolute Gasteiger partial charge is 0.278 e. The molecule has 49 heavy (non-hydrogen) atoms. The van der Waals surface area contributed by atoms with Gasteiger partial charge in [-0.2, -0.15) is 0 Å². The summed E-state index contributed by atoms with van der Waals surface area (Å²) in [6, 6.07) is 62.5. The van der Waals surface area contributed by atoms with Crippen molar-refractivity contribution in [2.24, 2.45) is 0 Å². The van der Waals surface area contributed by atoms with E-state index in [1.54, 1.807) is 0 Å². The molecule has 0 aliphatic heterocycles. The SMILES string of the molecule is c1ccc(-c2cccc(-c3cc(-c4ccccc4)nc(-n4c5ccccc5c5c6c7ccccc7c7ccccc7c6ccc54)n3)c2)cc1. The quantitative estimate of drug-likeness (QED) is 0.183. The van der Waals surface area contributed by atoms with Gasteiger partial charge in [-0.25, -0.2) is 9.97 Å². The van der Waals surface area contributed by atoms with Crippen LogP contribution in [0.15, 0.2) is 176 Å². The van der Waals surface area contributed by atoms with Crippen molar-refractivity contribution in [2.75, 3.05) is 0 Å². The zero-order chi connectivity index (χ0) is 32.3. The fourth-order valence-corrected chi connectivity index (χ4v) is 7.60. The molecule has 10 aromatic rings. The van der Waals surface area contributed by atoms with Gasteiger partial charge < -0.3 is 0 Å². The molecule has 0 saturated heterocycles. The molecule has 0 saturated carbocycles. The minimum absolute atomic E-state index is 0.650. The zero-order valence-electron chi connectivity index (χ0n) is 26.6. The monoisotopic (exact) mass is 623 g/mol. The Hall–Kier alpha value is -6.58. The maximum absolute atomic E-state index is 5.35. The summed E-state index contributed by atoms with van der Waals surface area (Å²) in [5.41, 5.74) is 8.36. The Morgan fingerprint density at radius 3 is 1.53 bits per heavy atom. The van der Waals surface area contributed by atoms with Crippen LogP contribution in [0.1, 0.15) is 0 Å². The van der Waals surface area contributed by atoms with E-state index >= 15 is 0 Å². The molecule has 2 aromatic heterocycles. The number of nitrogens with zero attached hydrogens (tertiary/aromatic N) is 3. The van der Waals surface area contributed by atoms with Gasteiger partial charge in [-0.05, 0) is 62.3 Å². The summed E-state index contributed by atoms with van der Waals surface area (Å²) in [5, 5.41) is 9.97. The predicted octanol–water partition coefficient (Wildman–Crippen LogP) is 12.0. The lowest BCUT2D eigenvalue weighted by atomic mass is 9.92. The molecule has 228 valence electrons. The van der Waals surface area contributed by atoms with Crippen molar-refractivity contribution in [1.82, 2.24) is 14.5 Å². The van der Waals surface area contributed by atoms with Crippen molar-refractivity contribution in [3.05, 3.63) is 176 Å². The van der Waals surface area contributed by atoms with Crippen molar-refractivity contribution in [1.29, 1.82) is 0 Å². The Labute approximate surface area is 283 Å². The molecule has 0 aliphatic carbocycles. The van der Waals surface area contributed by atoms with E-state index in [9.17, 15) is 0 Å². The molecule has 0 unspecified atom stereocenters. The Kier molecular flexibility index (Phi) is 6.18. The van der Waals surface area contributed by atoms with Gasteiger partial charge in [0, 0.05) is 27.3 Å². The smallest absolute Gasteiger partial charge is 0.235 e. The first-order valence-electron chi connectivity index (χ1n) is 16.7. The molecule has 0 radical (unpaired) electrons. The standard InChI is InChI=1S/C46H29N3/c1-3-14-30(15-4-1)32-18-13-19-33(28-32)41-29-40(31-16-5-2-6-17-31)47-46(48-41)49-42-25-12-11-24-39(42)45-43(49)27-26-38-36-22-8-7-20-34(36)35-21-9-10-23-37(35)44(38)45/h1-29H. The van der Waals surface area contributed by atoms with Crippen LogP contribution in [0, 0.1) is 0 Å². The average molecular weight is 624 g/mol. The van der Waals surface area contributed by atoms with E-state index in [4.69, 9.17) is 9.97 Å². The molecule has 3 nitrogen and oxygen atoms in total. The topological polar surface area (TPSA) is 30.7 Å². The molecule has 2 heterocycles. The van der Waals surface area contributed by atoms with Gasteiger partial charge in [0.1, 0.15) is 0 Å². The number of aromatic nitrogens is 3. The van der Waals surface area contributed by atoms with E-state index in [1.807, 2.05) is 6.07 Å². The van der Waals surface area contributed by atoms with Crippen molar-refractivity contribution in [2.45, 2.75) is 0 Å². The van der Waals surface area contributed by atoms with E-state index in [-0.39, 0.29) is 0 Å². The van der Waals surface area contributed by atoms with Crippen LogP contribution in [0.25, 0.3) is 93.7 Å². The van der Waals surface area contributed by atoms with Gasteiger partial charge in [0.05, 0.1) is 22.4 Å². The Bertz CT molecular complexity index is 2830. The average Bonchev–Trinajstić information content (AvgIpc) is 3.53. The number of rotatable bonds is 4. The van der Waals surface area contributed by atoms with Crippen LogP contribution >= 0.6 is 0 Å². The van der Waals surface area contributed by atoms with Crippen LogP contribution in [-0.2, 0) is 0 Å². The number of para-hydroxylation sites is 1. The lowest BCUT2D eigenvalue weighted by Gasteiger charge is -2.13. The third-order valence-electron chi connectivity index (χ3n) is 9.79. The molecule has 0 fully saturated rings. The minimum atomic E-state index is 0.650. The van der Waals surface area contributed by atoms with Crippen LogP contribution in [0.2, 0.25) is 0 Å². The van der Waals surface area contributed by atoms with Gasteiger partial charge in [-0.1, -0.05) is 152 Å². The maximum atomic E-state index is 5.35. The Morgan fingerprint density at radius 2 is 0.816 bits per heavy atom. The van der Waals surface area contributed by atoms with Crippen molar-refractivity contribution < 1.29 is 0 Å². The summed E-state index contributed by atoms with van der Waals surface area (Å²) in [4.78, 5) is 10.6. The van der Waals surface area contributed by atoms with E-state index in [0.29, 0.717) is 5.95 Å². The molecular formula is C46H29N3. The van der Waals surface area contributed by atoms with Gasteiger partial charge in [0.2, 0.25) is 5.95 Å². The highest BCUT2D eigenvalue weighted by atomic mass is 15.2. The molecule has 10 rings (SSSR count). The van der Waals surface area contributed by atoms with Gasteiger partial charge in [0.25, 0.3) is 0 Å². The van der Waals surface area contributed by atoms with Crippen LogP contribution < -0.4 is 0 Å². The second-order valence-corrected chi connectivity index (χ2v) is 12.6. The van der Waals surface area contributed by atoms with Gasteiger partial charge in [-0.15, -0.1) is 0 Å². The summed E-state index contributed by atoms with van der Waals surface area (Å²) < 4.78 is 2.26. The molecule has 0 N–H and O–H groups in total. The van der Waals surface area contributed by atoms with Crippen LogP contribution in [0.3, 0.4) is 0 Å². The molecule has 0 bridgehead atoms. The lowest BCUT2D eigenvalue weighted by molar-refractivity contribution is 0.996. The van der Waals surface area contributed by atoms with Crippen molar-refractivity contribution in [3.8, 4) is 39.6 Å². The first-order valence-corrected chi connectivity index (χ1v) is 16.7. The van der Waals surface area contributed by atoms with Gasteiger partial charge in [0.15, 0.2) is 0 Å². The first-order chi connectivity index (χ1) is 24.3. The van der Waals surface area contributed by atoms with E-state index in [2.05, 4.69) is 174 Å². The van der Waals surface area contributed by atoms with Gasteiger partial charge >= 0.3 is 0 Å². The normalized spacial score (nSPS) is 11.7. The third kappa shape index (κ3) is 4.37. The van der Waals surface area contributed by atoms with Gasteiger partial charge in [-0.3, -0.25) is 4.57 Å². The molecule has 3 heteroatoms. The van der Waals surface area contributed by atoms with Crippen LogP contribution in [0.4, 0.5) is 0 Å². The van der Waals surface area contributed by atoms with Crippen molar-refractivity contribution >= 4 is 54.1 Å². The number of benzene rings is 8. The third-order valence-corrected chi connectivity index (χ3v) is 9.79. The summed E-state index contributed by atoms with van der Waals surface area (Å²) in [6.07, 6.45) is 0. The summed E-state index contributed by atoms with van der Waals surface area (Å²) >= 11 is 0. The van der Waals surface area contributed by atoms with E-state index in [1.165, 1.54) is 48.7 Å². The number of fused-ring (bicyclic) bond motifs is 10. The fourth-order valence-electron chi connectivity index (χ4n) is 7.60. The van der Waals surface area contributed by atoms with Crippen molar-refractivity contribution in [3.63, 3.8) is 0 Å². The Balaban J connectivity index is 1.30. The number of hydrogen-bond acceptors (Lipinski definition) is 2. The summed E-state index contributed by atoms with van der Waals surface area (Å²) in [5.74, 6) is 0.650. The highest BCUT2D eigenvalue weighted by Gasteiger charge is 2.20. The van der Waals surface area contributed by atoms with Crippen LogP contribution in [0.5, 0.6) is 0 Å². The molecule has 0 aliphatic rings. The molecule has 0 amide bonds. The first kappa shape index (κ1) is 27.5.